The van der Waals surface area contributed by atoms with Gasteiger partial charge in [-0.1, -0.05) is 6.92 Å². The van der Waals surface area contributed by atoms with E-state index in [-0.39, 0.29) is 18.6 Å². The van der Waals surface area contributed by atoms with E-state index in [1.807, 2.05) is 0 Å². The molecular formula is C11H18N2O3. The van der Waals surface area contributed by atoms with E-state index in [0.717, 1.165) is 12.8 Å². The molecule has 16 heavy (non-hydrogen) atoms. The largest absolute Gasteiger partial charge is 0.481 e. The molecule has 0 heterocycles. The molecule has 2 aliphatic rings. The molecule has 0 atom stereocenters. The number of amides is 2. The van der Waals surface area contributed by atoms with Crippen LogP contribution in [-0.4, -0.2) is 29.7 Å². The molecule has 2 amide bonds. The highest BCUT2D eigenvalue weighted by Gasteiger charge is 2.50. The topological polar surface area (TPSA) is 78.4 Å². The first kappa shape index (κ1) is 11.2. The third-order valence-corrected chi connectivity index (χ3v) is 3.60. The molecule has 0 aliphatic heterocycles. The molecule has 2 rings (SSSR count). The summed E-state index contributed by atoms with van der Waals surface area (Å²) in [7, 11) is 0. The summed E-state index contributed by atoms with van der Waals surface area (Å²) in [6, 6.07) is 0.0411. The van der Waals surface area contributed by atoms with Crippen molar-refractivity contribution in [3.05, 3.63) is 0 Å². The second kappa shape index (κ2) is 3.96. The summed E-state index contributed by atoms with van der Waals surface area (Å²) in [5.74, 6) is -0.107. The van der Waals surface area contributed by atoms with Crippen LogP contribution in [0.15, 0.2) is 0 Å². The molecule has 0 aromatic carbocycles. The van der Waals surface area contributed by atoms with E-state index < -0.39 is 11.4 Å². The number of hydrogen-bond acceptors (Lipinski definition) is 2. The van der Waals surface area contributed by atoms with Crippen LogP contribution in [0.3, 0.4) is 0 Å². The lowest BCUT2D eigenvalue weighted by Crippen LogP contribution is -2.49. The highest BCUT2D eigenvalue weighted by atomic mass is 16.4. The van der Waals surface area contributed by atoms with Gasteiger partial charge < -0.3 is 15.7 Å². The van der Waals surface area contributed by atoms with Crippen LogP contribution in [-0.2, 0) is 4.79 Å². The van der Waals surface area contributed by atoms with Crippen molar-refractivity contribution in [1.29, 1.82) is 0 Å². The first-order chi connectivity index (χ1) is 7.52. The number of nitrogens with one attached hydrogen (secondary N) is 2. The zero-order valence-corrected chi connectivity index (χ0v) is 9.45. The quantitative estimate of drug-likeness (QED) is 0.667. The van der Waals surface area contributed by atoms with E-state index in [1.165, 1.54) is 0 Å². The molecule has 5 nitrogen and oxygen atoms in total. The number of aliphatic carboxylic acids is 1. The van der Waals surface area contributed by atoms with Crippen LogP contribution < -0.4 is 10.6 Å². The fourth-order valence-electron chi connectivity index (χ4n) is 2.12. The van der Waals surface area contributed by atoms with Gasteiger partial charge in [-0.05, 0) is 31.6 Å². The van der Waals surface area contributed by atoms with Gasteiger partial charge in [-0.25, -0.2) is 4.79 Å². The maximum atomic E-state index is 11.4. The van der Waals surface area contributed by atoms with Gasteiger partial charge in [0.05, 0.1) is 5.41 Å². The Morgan fingerprint density at radius 1 is 1.38 bits per heavy atom. The number of carbonyl (C=O) groups excluding carboxylic acids is 1. The van der Waals surface area contributed by atoms with Crippen molar-refractivity contribution in [2.24, 2.45) is 11.3 Å². The molecule has 2 aliphatic carbocycles. The summed E-state index contributed by atoms with van der Waals surface area (Å²) < 4.78 is 0. The Balaban J connectivity index is 1.66. The van der Waals surface area contributed by atoms with E-state index in [2.05, 4.69) is 17.6 Å². The summed E-state index contributed by atoms with van der Waals surface area (Å²) in [4.78, 5) is 22.3. The van der Waals surface area contributed by atoms with Crippen molar-refractivity contribution >= 4 is 12.0 Å². The predicted octanol–water partition coefficient (Wildman–Crippen LogP) is 0.949. The van der Waals surface area contributed by atoms with Gasteiger partial charge in [0.25, 0.3) is 0 Å². The Kier molecular flexibility index (Phi) is 2.78. The standard InChI is InChI=1S/C11H18N2O3/c1-7-4-8(5-7)13-10(16)12-6-11(2-3-11)9(14)15/h7-8H,2-6H2,1H3,(H,14,15)(H2,12,13,16). The Hall–Kier alpha value is -1.26. The van der Waals surface area contributed by atoms with Crippen molar-refractivity contribution in [2.75, 3.05) is 6.54 Å². The molecule has 0 aromatic heterocycles. The normalized spacial score (nSPS) is 30.1. The molecule has 5 heteroatoms. The zero-order chi connectivity index (χ0) is 11.8. The number of carboxylic acid groups (broad SMARTS) is 1. The van der Waals surface area contributed by atoms with E-state index in [4.69, 9.17) is 5.11 Å². The highest BCUT2D eigenvalue weighted by Crippen LogP contribution is 2.45. The van der Waals surface area contributed by atoms with Crippen LogP contribution in [0.2, 0.25) is 0 Å². The summed E-state index contributed by atoms with van der Waals surface area (Å²) in [6.45, 7) is 2.40. The Morgan fingerprint density at radius 3 is 2.44 bits per heavy atom. The van der Waals surface area contributed by atoms with E-state index in [9.17, 15) is 9.59 Å². The lowest BCUT2D eigenvalue weighted by molar-refractivity contribution is -0.143. The molecule has 90 valence electrons. The zero-order valence-electron chi connectivity index (χ0n) is 9.45. The van der Waals surface area contributed by atoms with E-state index in [1.54, 1.807) is 0 Å². The maximum Gasteiger partial charge on any atom is 0.315 e. The average molecular weight is 226 g/mol. The third-order valence-electron chi connectivity index (χ3n) is 3.60. The summed E-state index contributed by atoms with van der Waals surface area (Å²) in [6.07, 6.45) is 3.39. The summed E-state index contributed by atoms with van der Waals surface area (Å²) in [5, 5.41) is 14.4. The molecule has 0 unspecified atom stereocenters. The molecule has 0 radical (unpaired) electrons. The highest BCUT2D eigenvalue weighted by molar-refractivity contribution is 5.80. The minimum atomic E-state index is -0.801. The number of rotatable bonds is 4. The van der Waals surface area contributed by atoms with Crippen LogP contribution in [0.4, 0.5) is 4.79 Å². The van der Waals surface area contributed by atoms with Crippen molar-refractivity contribution in [2.45, 2.75) is 38.6 Å². The van der Waals surface area contributed by atoms with Crippen molar-refractivity contribution in [3.8, 4) is 0 Å². The van der Waals surface area contributed by atoms with Gasteiger partial charge in [0.15, 0.2) is 0 Å². The molecule has 0 bridgehead atoms. The van der Waals surface area contributed by atoms with Gasteiger partial charge in [-0.15, -0.1) is 0 Å². The number of carboxylic acids is 1. The van der Waals surface area contributed by atoms with Gasteiger partial charge in [-0.3, -0.25) is 4.79 Å². The Bertz CT molecular complexity index is 306. The molecule has 2 saturated carbocycles. The lowest BCUT2D eigenvalue weighted by Gasteiger charge is -2.33. The molecule has 2 fully saturated rings. The number of carbonyl (C=O) groups is 2. The van der Waals surface area contributed by atoms with Crippen LogP contribution in [0.25, 0.3) is 0 Å². The van der Waals surface area contributed by atoms with Gasteiger partial charge in [0.1, 0.15) is 0 Å². The van der Waals surface area contributed by atoms with Gasteiger partial charge in [-0.2, -0.15) is 0 Å². The SMILES string of the molecule is CC1CC(NC(=O)NCC2(C(=O)O)CC2)C1. The first-order valence-corrected chi connectivity index (χ1v) is 5.80. The maximum absolute atomic E-state index is 11.4. The first-order valence-electron chi connectivity index (χ1n) is 5.80. The second-order valence-electron chi connectivity index (χ2n) is 5.19. The summed E-state index contributed by atoms with van der Waals surface area (Å²) >= 11 is 0. The minimum absolute atomic E-state index is 0.232. The third kappa shape index (κ3) is 2.28. The van der Waals surface area contributed by atoms with Gasteiger partial charge >= 0.3 is 12.0 Å². The van der Waals surface area contributed by atoms with E-state index in [0.29, 0.717) is 18.8 Å². The second-order valence-corrected chi connectivity index (χ2v) is 5.19. The van der Waals surface area contributed by atoms with Crippen LogP contribution >= 0.6 is 0 Å². The molecule has 3 N–H and O–H groups in total. The number of hydrogen-bond donors (Lipinski definition) is 3. The Labute approximate surface area is 94.6 Å². The fourth-order valence-corrected chi connectivity index (χ4v) is 2.12. The summed E-state index contributed by atoms with van der Waals surface area (Å²) in [5.41, 5.74) is -0.676. The number of urea groups is 1. The van der Waals surface area contributed by atoms with Crippen LogP contribution in [0.1, 0.15) is 32.6 Å². The molecule has 0 aromatic rings. The monoisotopic (exact) mass is 226 g/mol. The van der Waals surface area contributed by atoms with Crippen molar-refractivity contribution in [1.82, 2.24) is 10.6 Å². The van der Waals surface area contributed by atoms with E-state index >= 15 is 0 Å². The molecule has 0 saturated heterocycles. The predicted molar refractivity (Wildman–Crippen MR) is 58.0 cm³/mol. The van der Waals surface area contributed by atoms with Gasteiger partial charge in [0, 0.05) is 12.6 Å². The van der Waals surface area contributed by atoms with Gasteiger partial charge in [0.2, 0.25) is 0 Å². The lowest BCUT2D eigenvalue weighted by atomic mass is 9.82. The molecular weight excluding hydrogens is 208 g/mol. The van der Waals surface area contributed by atoms with Crippen LogP contribution in [0.5, 0.6) is 0 Å². The smallest absolute Gasteiger partial charge is 0.315 e. The molecule has 0 spiro atoms. The fraction of sp³-hybridized carbons (Fsp3) is 0.818. The Morgan fingerprint density at radius 2 is 2.00 bits per heavy atom. The minimum Gasteiger partial charge on any atom is -0.481 e. The van der Waals surface area contributed by atoms with Crippen molar-refractivity contribution < 1.29 is 14.7 Å². The van der Waals surface area contributed by atoms with Crippen LogP contribution in [0, 0.1) is 11.3 Å². The van der Waals surface area contributed by atoms with Crippen molar-refractivity contribution in [3.63, 3.8) is 0 Å². The average Bonchev–Trinajstić information content (AvgIpc) is 2.93.